The highest BCUT2D eigenvalue weighted by Crippen LogP contribution is 2.37. The monoisotopic (exact) mass is 428 g/mol. The molecule has 31 heavy (non-hydrogen) atoms. The van der Waals surface area contributed by atoms with Gasteiger partial charge in [-0.15, -0.1) is 0 Å². The molecule has 2 amide bonds. The second-order valence-electron chi connectivity index (χ2n) is 7.93. The van der Waals surface area contributed by atoms with E-state index in [4.69, 9.17) is 11.6 Å². The van der Waals surface area contributed by atoms with Crippen LogP contribution >= 0.6 is 11.6 Å². The van der Waals surface area contributed by atoms with Crippen LogP contribution in [0.25, 0.3) is 12.2 Å². The molecule has 5 rings (SSSR count). The zero-order chi connectivity index (χ0) is 21.5. The minimum Gasteiger partial charge on any atom is -0.294 e. The summed E-state index contributed by atoms with van der Waals surface area (Å²) in [6.45, 7) is 0.862. The Kier molecular flexibility index (Phi) is 4.97. The van der Waals surface area contributed by atoms with Gasteiger partial charge in [0.1, 0.15) is 0 Å². The summed E-state index contributed by atoms with van der Waals surface area (Å²) in [5.74, 6) is -0.444. The number of hydrogen-bond donors (Lipinski definition) is 0. The average Bonchev–Trinajstić information content (AvgIpc) is 2.92. The molecule has 5 heteroatoms. The van der Waals surface area contributed by atoms with Gasteiger partial charge in [-0.3, -0.25) is 19.4 Å². The van der Waals surface area contributed by atoms with Crippen LogP contribution in [0.2, 0.25) is 5.02 Å². The maximum atomic E-state index is 12.8. The third-order valence-electron chi connectivity index (χ3n) is 6.07. The van der Waals surface area contributed by atoms with E-state index in [1.165, 1.54) is 10.5 Å². The summed E-state index contributed by atoms with van der Waals surface area (Å²) in [5.41, 5.74) is 5.50. The molecule has 2 aliphatic rings. The smallest absolute Gasteiger partial charge is 0.261 e. The van der Waals surface area contributed by atoms with E-state index in [1.807, 2.05) is 37.4 Å². The number of amides is 2. The zero-order valence-electron chi connectivity index (χ0n) is 17.1. The predicted octanol–water partition coefficient (Wildman–Crippen LogP) is 5.14. The van der Waals surface area contributed by atoms with Gasteiger partial charge in [-0.2, -0.15) is 0 Å². The van der Waals surface area contributed by atoms with Gasteiger partial charge in [0.15, 0.2) is 0 Å². The zero-order valence-corrected chi connectivity index (χ0v) is 17.8. The first-order valence-electron chi connectivity index (χ1n) is 10.3. The summed E-state index contributed by atoms with van der Waals surface area (Å²) < 4.78 is 0. The van der Waals surface area contributed by atoms with Crippen molar-refractivity contribution in [3.05, 3.63) is 105 Å². The highest BCUT2D eigenvalue weighted by atomic mass is 35.5. The molecule has 4 nitrogen and oxygen atoms in total. The molecule has 0 unspecified atom stereocenters. The Bertz CT molecular complexity index is 1200. The quantitative estimate of drug-likeness (QED) is 0.540. The van der Waals surface area contributed by atoms with Crippen LogP contribution in [0.4, 0.5) is 0 Å². The standard InChI is InChI=1S/C26H21ClN2O2/c1-28(14-15-29-25(30)21-8-4-5-9-22(21)26(29)31)24-20-7-3-2-6-17(20)10-11-18-12-13-19(27)16-23(18)24/h2-13,16,24H,14-15H2,1H3/t24-/m0/s1. The Morgan fingerprint density at radius 3 is 2.16 bits per heavy atom. The van der Waals surface area contributed by atoms with Crippen LogP contribution in [0.1, 0.15) is 49.0 Å². The lowest BCUT2D eigenvalue weighted by atomic mass is 9.93. The molecule has 1 atom stereocenters. The third kappa shape index (κ3) is 3.38. The van der Waals surface area contributed by atoms with Crippen LogP contribution in [0.3, 0.4) is 0 Å². The molecule has 0 bridgehead atoms. The van der Waals surface area contributed by atoms with Crippen LogP contribution in [0.15, 0.2) is 66.7 Å². The number of nitrogens with zero attached hydrogens (tertiary/aromatic N) is 2. The lowest BCUT2D eigenvalue weighted by Gasteiger charge is -2.31. The van der Waals surface area contributed by atoms with Crippen molar-refractivity contribution in [1.29, 1.82) is 0 Å². The van der Waals surface area contributed by atoms with E-state index in [9.17, 15) is 9.59 Å². The van der Waals surface area contributed by atoms with E-state index in [1.54, 1.807) is 24.3 Å². The van der Waals surface area contributed by atoms with Gasteiger partial charge in [-0.25, -0.2) is 0 Å². The third-order valence-corrected chi connectivity index (χ3v) is 6.31. The Balaban J connectivity index is 1.45. The summed E-state index contributed by atoms with van der Waals surface area (Å²) in [6, 6.07) is 21.2. The summed E-state index contributed by atoms with van der Waals surface area (Å²) in [5, 5.41) is 0.685. The SMILES string of the molecule is CN(CCN1C(=O)c2ccccc2C1=O)[C@H]1c2ccccc2C=Cc2ccc(Cl)cc21. The minimum absolute atomic E-state index is 0.0462. The van der Waals surface area contributed by atoms with Crippen molar-refractivity contribution in [2.45, 2.75) is 6.04 Å². The van der Waals surface area contributed by atoms with Crippen LogP contribution in [0.5, 0.6) is 0 Å². The lowest BCUT2D eigenvalue weighted by molar-refractivity contribution is 0.0636. The van der Waals surface area contributed by atoms with Crippen molar-refractivity contribution in [1.82, 2.24) is 9.80 Å². The molecule has 1 aliphatic heterocycles. The Morgan fingerprint density at radius 1 is 0.839 bits per heavy atom. The molecule has 0 spiro atoms. The summed E-state index contributed by atoms with van der Waals surface area (Å²) >= 11 is 6.36. The maximum Gasteiger partial charge on any atom is 0.261 e. The van der Waals surface area contributed by atoms with Gasteiger partial charge in [0.2, 0.25) is 0 Å². The fraction of sp³-hybridized carbons (Fsp3) is 0.154. The van der Waals surface area contributed by atoms with E-state index in [-0.39, 0.29) is 17.9 Å². The van der Waals surface area contributed by atoms with Crippen molar-refractivity contribution >= 4 is 35.6 Å². The van der Waals surface area contributed by atoms with E-state index >= 15 is 0 Å². The predicted molar refractivity (Wildman–Crippen MR) is 123 cm³/mol. The van der Waals surface area contributed by atoms with E-state index < -0.39 is 0 Å². The molecular formula is C26H21ClN2O2. The molecule has 154 valence electrons. The molecule has 0 N–H and O–H groups in total. The molecular weight excluding hydrogens is 408 g/mol. The molecule has 0 saturated heterocycles. The number of carbonyl (C=O) groups excluding carboxylic acids is 2. The van der Waals surface area contributed by atoms with E-state index in [0.717, 1.165) is 16.7 Å². The number of likely N-dealkylation sites (N-methyl/N-ethyl adjacent to an activating group) is 1. The van der Waals surface area contributed by atoms with Crippen molar-refractivity contribution in [3.8, 4) is 0 Å². The topological polar surface area (TPSA) is 40.6 Å². The first-order chi connectivity index (χ1) is 15.0. The average molecular weight is 429 g/mol. The summed E-state index contributed by atoms with van der Waals surface area (Å²) in [6.07, 6.45) is 4.24. The molecule has 3 aromatic rings. The van der Waals surface area contributed by atoms with Crippen LogP contribution in [0, 0.1) is 0 Å². The van der Waals surface area contributed by atoms with Crippen molar-refractivity contribution in [2.75, 3.05) is 20.1 Å². The van der Waals surface area contributed by atoms with Crippen molar-refractivity contribution < 1.29 is 9.59 Å². The summed E-state index contributed by atoms with van der Waals surface area (Å²) in [4.78, 5) is 29.0. The van der Waals surface area contributed by atoms with Crippen LogP contribution in [-0.4, -0.2) is 41.8 Å². The van der Waals surface area contributed by atoms with E-state index in [0.29, 0.717) is 29.2 Å². The van der Waals surface area contributed by atoms with Gasteiger partial charge >= 0.3 is 0 Å². The molecule has 1 heterocycles. The molecule has 3 aromatic carbocycles. The van der Waals surface area contributed by atoms with Crippen LogP contribution in [-0.2, 0) is 0 Å². The summed E-state index contributed by atoms with van der Waals surface area (Å²) in [7, 11) is 2.02. The second-order valence-corrected chi connectivity index (χ2v) is 8.36. The number of fused-ring (bicyclic) bond motifs is 3. The number of rotatable bonds is 4. The van der Waals surface area contributed by atoms with Gasteiger partial charge in [0, 0.05) is 18.1 Å². The van der Waals surface area contributed by atoms with Crippen molar-refractivity contribution in [3.63, 3.8) is 0 Å². The van der Waals surface area contributed by atoms with Gasteiger partial charge in [-0.05, 0) is 53.6 Å². The molecule has 0 fully saturated rings. The fourth-order valence-corrected chi connectivity index (χ4v) is 4.68. The Hall–Kier alpha value is -3.21. The maximum absolute atomic E-state index is 12.8. The number of hydrogen-bond acceptors (Lipinski definition) is 3. The minimum atomic E-state index is -0.222. The number of carbonyl (C=O) groups is 2. The van der Waals surface area contributed by atoms with E-state index in [2.05, 4.69) is 29.2 Å². The largest absolute Gasteiger partial charge is 0.294 e. The van der Waals surface area contributed by atoms with Gasteiger partial charge < -0.3 is 0 Å². The fourth-order valence-electron chi connectivity index (χ4n) is 4.50. The van der Waals surface area contributed by atoms with Gasteiger partial charge in [0.25, 0.3) is 11.8 Å². The number of halogens is 1. The molecule has 0 radical (unpaired) electrons. The highest BCUT2D eigenvalue weighted by molar-refractivity contribution is 6.30. The molecule has 0 saturated carbocycles. The van der Waals surface area contributed by atoms with Gasteiger partial charge in [-0.1, -0.05) is 66.2 Å². The normalized spacial score (nSPS) is 16.9. The Morgan fingerprint density at radius 2 is 1.45 bits per heavy atom. The van der Waals surface area contributed by atoms with Crippen molar-refractivity contribution in [2.24, 2.45) is 0 Å². The molecule has 0 aromatic heterocycles. The van der Waals surface area contributed by atoms with Crippen LogP contribution < -0.4 is 0 Å². The lowest BCUT2D eigenvalue weighted by Crippen LogP contribution is -2.38. The first kappa shape index (κ1) is 19.7. The number of benzene rings is 3. The Labute approximate surface area is 186 Å². The highest BCUT2D eigenvalue weighted by Gasteiger charge is 2.35. The molecule has 1 aliphatic carbocycles. The second kappa shape index (κ2) is 7.80. The first-order valence-corrected chi connectivity index (χ1v) is 10.6. The number of imide groups is 1. The van der Waals surface area contributed by atoms with Gasteiger partial charge in [0.05, 0.1) is 17.2 Å².